The van der Waals surface area contributed by atoms with E-state index in [0.29, 0.717) is 17.7 Å². The topological polar surface area (TPSA) is 75.7 Å². The highest BCUT2D eigenvalue weighted by molar-refractivity contribution is 6.00. The van der Waals surface area contributed by atoms with Gasteiger partial charge in [-0.2, -0.15) is 0 Å². The zero-order chi connectivity index (χ0) is 11.5. The summed E-state index contributed by atoms with van der Waals surface area (Å²) in [7, 11) is 0. The standard InChI is InChI=1S/C11H10O5/c12-8-4-5-15-11-7(8)2-1-3-9(11)16-6-10(13)14/h1-3H,4-6H2,(H,13,14)/p-1. The molecule has 5 heteroatoms. The summed E-state index contributed by atoms with van der Waals surface area (Å²) >= 11 is 0. The van der Waals surface area contributed by atoms with Crippen LogP contribution in [-0.2, 0) is 4.79 Å². The van der Waals surface area contributed by atoms with Crippen LogP contribution >= 0.6 is 0 Å². The SMILES string of the molecule is O=C([O-])COc1cccc2c1OCCC2=O. The summed E-state index contributed by atoms with van der Waals surface area (Å²) in [4.78, 5) is 21.8. The molecule has 1 aromatic carbocycles. The van der Waals surface area contributed by atoms with Crippen molar-refractivity contribution in [2.45, 2.75) is 6.42 Å². The van der Waals surface area contributed by atoms with Crippen molar-refractivity contribution in [1.82, 2.24) is 0 Å². The molecule has 0 saturated heterocycles. The molecule has 2 rings (SSSR count). The third-order valence-corrected chi connectivity index (χ3v) is 2.20. The summed E-state index contributed by atoms with van der Waals surface area (Å²) in [5.41, 5.74) is 0.432. The molecule has 0 fully saturated rings. The molecule has 1 heterocycles. The average molecular weight is 221 g/mol. The Morgan fingerprint density at radius 1 is 1.50 bits per heavy atom. The molecule has 0 spiro atoms. The zero-order valence-electron chi connectivity index (χ0n) is 8.39. The minimum absolute atomic E-state index is 0.0276. The Kier molecular flexibility index (Phi) is 2.76. The van der Waals surface area contributed by atoms with Gasteiger partial charge < -0.3 is 19.4 Å². The van der Waals surface area contributed by atoms with Crippen LogP contribution in [0.2, 0.25) is 0 Å². The van der Waals surface area contributed by atoms with Crippen LogP contribution in [0.5, 0.6) is 11.5 Å². The summed E-state index contributed by atoms with van der Waals surface area (Å²) in [6, 6.07) is 4.80. The Morgan fingerprint density at radius 3 is 3.06 bits per heavy atom. The number of Topliss-reactive ketones (excluding diaryl/α,β-unsaturated/α-hetero) is 1. The summed E-state index contributed by atoms with van der Waals surface area (Å²) in [5, 5.41) is 10.3. The molecular weight excluding hydrogens is 212 g/mol. The molecule has 0 amide bonds. The Labute approximate surface area is 91.6 Å². The highest BCUT2D eigenvalue weighted by atomic mass is 16.5. The molecule has 0 N–H and O–H groups in total. The predicted octanol–water partition coefficient (Wildman–Crippen LogP) is -0.220. The van der Waals surface area contributed by atoms with Crippen molar-refractivity contribution in [3.63, 3.8) is 0 Å². The van der Waals surface area contributed by atoms with Gasteiger partial charge in [-0.3, -0.25) is 4.79 Å². The third kappa shape index (κ3) is 1.98. The average Bonchev–Trinajstić information content (AvgIpc) is 2.27. The van der Waals surface area contributed by atoms with E-state index in [1.54, 1.807) is 18.2 Å². The van der Waals surface area contributed by atoms with E-state index in [2.05, 4.69) is 0 Å². The van der Waals surface area contributed by atoms with E-state index in [-0.39, 0.29) is 18.1 Å². The fourth-order valence-electron chi connectivity index (χ4n) is 1.52. The molecule has 1 aliphatic rings. The van der Waals surface area contributed by atoms with E-state index in [9.17, 15) is 14.7 Å². The Bertz CT molecular complexity index is 438. The molecule has 16 heavy (non-hydrogen) atoms. The molecule has 5 nitrogen and oxygen atoms in total. The van der Waals surface area contributed by atoms with Crippen LogP contribution in [0.15, 0.2) is 18.2 Å². The summed E-state index contributed by atoms with van der Waals surface area (Å²) < 4.78 is 10.3. The number of ketones is 1. The van der Waals surface area contributed by atoms with Gasteiger partial charge in [-0.05, 0) is 12.1 Å². The van der Waals surface area contributed by atoms with E-state index < -0.39 is 12.6 Å². The summed E-state index contributed by atoms with van der Waals surface area (Å²) in [6.07, 6.45) is 0.330. The molecule has 0 aliphatic carbocycles. The van der Waals surface area contributed by atoms with Crippen molar-refractivity contribution in [2.24, 2.45) is 0 Å². The largest absolute Gasteiger partial charge is 0.546 e. The number of hydrogen-bond donors (Lipinski definition) is 0. The second kappa shape index (κ2) is 4.22. The number of aliphatic carboxylic acids is 1. The number of carbonyl (C=O) groups is 2. The van der Waals surface area contributed by atoms with Crippen molar-refractivity contribution in [2.75, 3.05) is 13.2 Å². The first-order valence-electron chi connectivity index (χ1n) is 4.80. The first kappa shape index (κ1) is 10.5. The van der Waals surface area contributed by atoms with Crippen molar-refractivity contribution < 1.29 is 24.2 Å². The highest BCUT2D eigenvalue weighted by Crippen LogP contribution is 2.34. The number of carboxylic acids is 1. The van der Waals surface area contributed by atoms with Crippen LogP contribution < -0.4 is 14.6 Å². The minimum atomic E-state index is -1.32. The Balaban J connectivity index is 2.29. The van der Waals surface area contributed by atoms with Gasteiger partial charge in [0.05, 0.1) is 18.1 Å². The lowest BCUT2D eigenvalue weighted by Gasteiger charge is -2.19. The first-order valence-corrected chi connectivity index (χ1v) is 4.80. The number of carboxylic acid groups (broad SMARTS) is 1. The van der Waals surface area contributed by atoms with Gasteiger partial charge in [0.25, 0.3) is 0 Å². The molecule has 0 saturated carbocycles. The maximum atomic E-state index is 11.5. The van der Waals surface area contributed by atoms with Gasteiger partial charge in [0.2, 0.25) is 0 Å². The molecule has 0 aromatic heterocycles. The lowest BCUT2D eigenvalue weighted by Crippen LogP contribution is -2.29. The van der Waals surface area contributed by atoms with Crippen molar-refractivity contribution in [1.29, 1.82) is 0 Å². The number of rotatable bonds is 3. The normalized spacial score (nSPS) is 13.9. The van der Waals surface area contributed by atoms with E-state index in [4.69, 9.17) is 9.47 Å². The molecule has 0 radical (unpaired) electrons. The van der Waals surface area contributed by atoms with Gasteiger partial charge in [0.1, 0.15) is 6.61 Å². The number of fused-ring (bicyclic) bond motifs is 1. The number of para-hydroxylation sites is 1. The number of ether oxygens (including phenoxy) is 2. The second-order valence-corrected chi connectivity index (χ2v) is 3.32. The van der Waals surface area contributed by atoms with Crippen LogP contribution in [0, 0.1) is 0 Å². The van der Waals surface area contributed by atoms with E-state index in [1.165, 1.54) is 0 Å². The van der Waals surface area contributed by atoms with Gasteiger partial charge in [0, 0.05) is 6.42 Å². The van der Waals surface area contributed by atoms with E-state index in [0.717, 1.165) is 0 Å². The summed E-state index contributed by atoms with van der Waals surface area (Å²) in [6.45, 7) is -0.272. The van der Waals surface area contributed by atoms with Crippen molar-refractivity contribution in [3.8, 4) is 11.5 Å². The molecule has 1 aliphatic heterocycles. The quantitative estimate of drug-likeness (QED) is 0.705. The van der Waals surface area contributed by atoms with Crippen LogP contribution in [0.3, 0.4) is 0 Å². The second-order valence-electron chi connectivity index (χ2n) is 3.32. The van der Waals surface area contributed by atoms with E-state index in [1.807, 2.05) is 0 Å². The minimum Gasteiger partial charge on any atom is -0.546 e. The van der Waals surface area contributed by atoms with Gasteiger partial charge in [-0.25, -0.2) is 0 Å². The van der Waals surface area contributed by atoms with Gasteiger partial charge in [-0.15, -0.1) is 0 Å². The van der Waals surface area contributed by atoms with Gasteiger partial charge in [0.15, 0.2) is 17.3 Å². The van der Waals surface area contributed by atoms with Crippen molar-refractivity contribution in [3.05, 3.63) is 23.8 Å². The number of carbonyl (C=O) groups excluding carboxylic acids is 2. The number of benzene rings is 1. The molecule has 0 unspecified atom stereocenters. The third-order valence-electron chi connectivity index (χ3n) is 2.20. The van der Waals surface area contributed by atoms with E-state index >= 15 is 0 Å². The van der Waals surface area contributed by atoms with Crippen molar-refractivity contribution >= 4 is 11.8 Å². The van der Waals surface area contributed by atoms with Crippen LogP contribution in [0.1, 0.15) is 16.8 Å². The Hall–Kier alpha value is -2.04. The molecule has 0 atom stereocenters. The maximum absolute atomic E-state index is 11.5. The lowest BCUT2D eigenvalue weighted by molar-refractivity contribution is -0.307. The van der Waals surface area contributed by atoms with Crippen LogP contribution in [-0.4, -0.2) is 25.0 Å². The van der Waals surface area contributed by atoms with Gasteiger partial charge >= 0.3 is 0 Å². The fourth-order valence-corrected chi connectivity index (χ4v) is 1.52. The molecule has 84 valence electrons. The predicted molar refractivity (Wildman–Crippen MR) is 51.4 cm³/mol. The Morgan fingerprint density at radius 2 is 2.31 bits per heavy atom. The van der Waals surface area contributed by atoms with Gasteiger partial charge in [-0.1, -0.05) is 6.07 Å². The molecular formula is C11H9O5-. The van der Waals surface area contributed by atoms with Crippen LogP contribution in [0.25, 0.3) is 0 Å². The summed E-state index contributed by atoms with van der Waals surface area (Å²) in [5.74, 6) is -0.769. The zero-order valence-corrected chi connectivity index (χ0v) is 8.39. The number of hydrogen-bond acceptors (Lipinski definition) is 5. The van der Waals surface area contributed by atoms with Crippen LogP contribution in [0.4, 0.5) is 0 Å². The fraction of sp³-hybridized carbons (Fsp3) is 0.273. The maximum Gasteiger partial charge on any atom is 0.171 e. The smallest absolute Gasteiger partial charge is 0.171 e. The molecule has 0 bridgehead atoms. The molecule has 1 aromatic rings. The first-order chi connectivity index (χ1) is 7.68. The lowest BCUT2D eigenvalue weighted by atomic mass is 10.0. The monoisotopic (exact) mass is 221 g/mol. The highest BCUT2D eigenvalue weighted by Gasteiger charge is 2.21.